The van der Waals surface area contributed by atoms with Crippen molar-refractivity contribution in [2.24, 2.45) is 0 Å². The third-order valence-corrected chi connectivity index (χ3v) is 4.00. The number of aromatic nitrogens is 3. The molecule has 0 spiro atoms. The molecule has 0 radical (unpaired) electrons. The van der Waals surface area contributed by atoms with Gasteiger partial charge in [0.25, 0.3) is 0 Å². The van der Waals surface area contributed by atoms with E-state index in [1.165, 1.54) is 0 Å². The summed E-state index contributed by atoms with van der Waals surface area (Å²) in [4.78, 5) is 15.6. The van der Waals surface area contributed by atoms with Crippen LogP contribution in [0.2, 0.25) is 0 Å². The normalized spacial score (nSPS) is 15.4. The molecule has 2 aromatic rings. The molecule has 82 valence electrons. The number of amides is 1. The number of anilines is 1. The molecule has 16 heavy (non-hydrogen) atoms. The topological polar surface area (TPSA) is 70.7 Å². The molecule has 2 aromatic heterocycles. The molecule has 0 aromatic carbocycles. The van der Waals surface area contributed by atoms with E-state index in [0.29, 0.717) is 11.6 Å². The van der Waals surface area contributed by atoms with Gasteiger partial charge in [-0.3, -0.25) is 9.89 Å². The summed E-state index contributed by atoms with van der Waals surface area (Å²) < 4.78 is 0. The predicted octanol–water partition coefficient (Wildman–Crippen LogP) is 1.72. The second-order valence-electron chi connectivity index (χ2n) is 3.30. The zero-order valence-corrected chi connectivity index (χ0v) is 9.82. The summed E-state index contributed by atoms with van der Waals surface area (Å²) in [5.41, 5.74) is 1.95. The third kappa shape index (κ3) is 1.61. The molecule has 1 amide bonds. The standard InChI is InChI=1S/C9H8N4OS2/c14-6-4-15-3-5-7(9-10-1-2-16-9)12-13-8(5)11-6/h1-2H,3-4H2,(H2,11,12,13,14). The van der Waals surface area contributed by atoms with Crippen molar-refractivity contribution in [2.75, 3.05) is 11.1 Å². The minimum Gasteiger partial charge on any atom is -0.308 e. The fourth-order valence-electron chi connectivity index (χ4n) is 1.55. The summed E-state index contributed by atoms with van der Waals surface area (Å²) in [5, 5.41) is 12.7. The number of hydrogen-bond acceptors (Lipinski definition) is 5. The second kappa shape index (κ2) is 3.91. The van der Waals surface area contributed by atoms with Crippen LogP contribution in [0.15, 0.2) is 11.6 Å². The predicted molar refractivity (Wildman–Crippen MR) is 64.5 cm³/mol. The maximum atomic E-state index is 11.3. The molecule has 0 saturated carbocycles. The smallest absolute Gasteiger partial charge is 0.235 e. The SMILES string of the molecule is O=C1CSCc2c(n[nH]c2-c2nccs2)N1. The van der Waals surface area contributed by atoms with E-state index < -0.39 is 0 Å². The molecule has 5 nitrogen and oxygen atoms in total. The quantitative estimate of drug-likeness (QED) is 0.810. The number of nitrogens with zero attached hydrogens (tertiary/aromatic N) is 2. The maximum Gasteiger partial charge on any atom is 0.235 e. The first-order chi connectivity index (χ1) is 7.84. The summed E-state index contributed by atoms with van der Waals surface area (Å²) in [6.45, 7) is 0. The maximum absolute atomic E-state index is 11.3. The van der Waals surface area contributed by atoms with Gasteiger partial charge in [-0.25, -0.2) is 4.98 Å². The molecule has 7 heteroatoms. The average Bonchev–Trinajstić information content (AvgIpc) is 2.85. The number of carbonyl (C=O) groups is 1. The Morgan fingerprint density at radius 3 is 3.12 bits per heavy atom. The Bertz CT molecular complexity index is 520. The monoisotopic (exact) mass is 252 g/mol. The Balaban J connectivity index is 2.06. The van der Waals surface area contributed by atoms with Crippen molar-refractivity contribution in [1.29, 1.82) is 0 Å². The van der Waals surface area contributed by atoms with Crippen molar-refractivity contribution < 1.29 is 4.79 Å². The van der Waals surface area contributed by atoms with E-state index in [0.717, 1.165) is 22.0 Å². The van der Waals surface area contributed by atoms with Gasteiger partial charge in [0.15, 0.2) is 5.82 Å². The van der Waals surface area contributed by atoms with E-state index in [2.05, 4.69) is 20.5 Å². The molecule has 3 heterocycles. The highest BCUT2D eigenvalue weighted by Crippen LogP contribution is 2.32. The van der Waals surface area contributed by atoms with Crippen molar-refractivity contribution in [1.82, 2.24) is 15.2 Å². The van der Waals surface area contributed by atoms with E-state index in [1.807, 2.05) is 5.38 Å². The molecular formula is C9H8N4OS2. The zero-order chi connectivity index (χ0) is 11.0. The number of thiazole rings is 1. The van der Waals surface area contributed by atoms with Gasteiger partial charge in [-0.2, -0.15) is 5.10 Å². The first-order valence-electron chi connectivity index (χ1n) is 4.69. The van der Waals surface area contributed by atoms with Crippen LogP contribution in [-0.2, 0) is 10.5 Å². The summed E-state index contributed by atoms with van der Waals surface area (Å²) in [7, 11) is 0. The average molecular weight is 252 g/mol. The van der Waals surface area contributed by atoms with Crippen LogP contribution >= 0.6 is 23.1 Å². The Morgan fingerprint density at radius 1 is 1.38 bits per heavy atom. The number of hydrogen-bond donors (Lipinski definition) is 2. The van der Waals surface area contributed by atoms with Crippen LogP contribution in [0.4, 0.5) is 5.82 Å². The molecule has 0 unspecified atom stereocenters. The van der Waals surface area contributed by atoms with Gasteiger partial charge in [0.1, 0.15) is 5.01 Å². The minimum absolute atomic E-state index is 0.000869. The van der Waals surface area contributed by atoms with Gasteiger partial charge < -0.3 is 5.32 Å². The Hall–Kier alpha value is -1.34. The van der Waals surface area contributed by atoms with Gasteiger partial charge in [0.2, 0.25) is 5.91 Å². The number of H-pyrrole nitrogens is 1. The van der Waals surface area contributed by atoms with Crippen molar-refractivity contribution >= 4 is 34.8 Å². The largest absolute Gasteiger partial charge is 0.308 e. The van der Waals surface area contributed by atoms with Gasteiger partial charge in [0, 0.05) is 22.9 Å². The molecule has 0 atom stereocenters. The number of carbonyl (C=O) groups excluding carboxylic acids is 1. The Labute approximate surface area is 99.7 Å². The van der Waals surface area contributed by atoms with Crippen molar-refractivity contribution in [2.45, 2.75) is 5.75 Å². The van der Waals surface area contributed by atoms with Crippen LogP contribution in [0.25, 0.3) is 10.7 Å². The van der Waals surface area contributed by atoms with Crippen LogP contribution in [-0.4, -0.2) is 26.8 Å². The zero-order valence-electron chi connectivity index (χ0n) is 8.19. The summed E-state index contributed by atoms with van der Waals surface area (Å²) in [6, 6.07) is 0. The van der Waals surface area contributed by atoms with Crippen LogP contribution in [0.5, 0.6) is 0 Å². The molecule has 1 aliphatic heterocycles. The van der Waals surface area contributed by atoms with Crippen LogP contribution in [0.1, 0.15) is 5.56 Å². The van der Waals surface area contributed by atoms with E-state index in [9.17, 15) is 4.79 Å². The van der Waals surface area contributed by atoms with Crippen molar-refractivity contribution in [3.8, 4) is 10.7 Å². The summed E-state index contributed by atoms with van der Waals surface area (Å²) in [6.07, 6.45) is 1.76. The van der Waals surface area contributed by atoms with Crippen molar-refractivity contribution in [3.63, 3.8) is 0 Å². The van der Waals surface area contributed by atoms with E-state index >= 15 is 0 Å². The third-order valence-electron chi connectivity index (χ3n) is 2.25. The summed E-state index contributed by atoms with van der Waals surface area (Å²) in [5.74, 6) is 1.90. The highest BCUT2D eigenvalue weighted by Gasteiger charge is 2.21. The van der Waals surface area contributed by atoms with E-state index in [1.54, 1.807) is 29.3 Å². The van der Waals surface area contributed by atoms with E-state index in [-0.39, 0.29) is 5.91 Å². The van der Waals surface area contributed by atoms with Gasteiger partial charge in [-0.05, 0) is 0 Å². The van der Waals surface area contributed by atoms with Crippen LogP contribution < -0.4 is 5.32 Å². The van der Waals surface area contributed by atoms with Crippen LogP contribution in [0.3, 0.4) is 0 Å². The summed E-state index contributed by atoms with van der Waals surface area (Å²) >= 11 is 3.14. The molecule has 0 fully saturated rings. The molecular weight excluding hydrogens is 244 g/mol. The van der Waals surface area contributed by atoms with Gasteiger partial charge in [-0.1, -0.05) is 0 Å². The lowest BCUT2D eigenvalue weighted by Crippen LogP contribution is -2.12. The first kappa shape index (κ1) is 9.86. The molecule has 0 aliphatic carbocycles. The highest BCUT2D eigenvalue weighted by atomic mass is 32.2. The lowest BCUT2D eigenvalue weighted by atomic mass is 10.2. The number of nitrogens with one attached hydrogen (secondary N) is 2. The lowest BCUT2D eigenvalue weighted by molar-refractivity contribution is -0.113. The fraction of sp³-hybridized carbons (Fsp3) is 0.222. The number of aromatic amines is 1. The highest BCUT2D eigenvalue weighted by molar-refractivity contribution is 7.99. The first-order valence-corrected chi connectivity index (χ1v) is 6.73. The van der Waals surface area contributed by atoms with Crippen LogP contribution in [0, 0.1) is 0 Å². The molecule has 0 bridgehead atoms. The van der Waals surface area contributed by atoms with E-state index in [4.69, 9.17) is 0 Å². The van der Waals surface area contributed by atoms with Gasteiger partial charge in [-0.15, -0.1) is 23.1 Å². The number of fused-ring (bicyclic) bond motifs is 1. The second-order valence-corrected chi connectivity index (χ2v) is 5.18. The molecule has 1 aliphatic rings. The Morgan fingerprint density at radius 2 is 2.31 bits per heavy atom. The molecule has 2 N–H and O–H groups in total. The van der Waals surface area contributed by atoms with Gasteiger partial charge >= 0.3 is 0 Å². The Kier molecular flexibility index (Phi) is 2.41. The van der Waals surface area contributed by atoms with Crippen molar-refractivity contribution in [3.05, 3.63) is 17.1 Å². The molecule has 3 rings (SSSR count). The molecule has 0 saturated heterocycles. The number of rotatable bonds is 1. The number of thioether (sulfide) groups is 1. The minimum atomic E-state index is 0.000869. The van der Waals surface area contributed by atoms with Gasteiger partial charge in [0.05, 0.1) is 11.4 Å². The fourth-order valence-corrected chi connectivity index (χ4v) is 3.05. The lowest BCUT2D eigenvalue weighted by Gasteiger charge is -1.97.